The smallest absolute Gasteiger partial charge is 0.391 e. The lowest BCUT2D eigenvalue weighted by Crippen LogP contribution is -2.28. The van der Waals surface area contributed by atoms with Crippen LogP contribution >= 0.6 is 23.2 Å². The van der Waals surface area contributed by atoms with E-state index in [4.69, 9.17) is 27.9 Å². The number of hydrogen-bond donors (Lipinski definition) is 0. The lowest BCUT2D eigenvalue weighted by molar-refractivity contribution is -0.234. The molecule has 19 heavy (non-hydrogen) atoms. The van der Waals surface area contributed by atoms with Gasteiger partial charge in [-0.3, -0.25) is 0 Å². The van der Waals surface area contributed by atoms with Gasteiger partial charge in [-0.2, -0.15) is 0 Å². The van der Waals surface area contributed by atoms with Crippen LogP contribution in [0.4, 0.5) is 0 Å². The molecule has 0 bridgehead atoms. The van der Waals surface area contributed by atoms with Gasteiger partial charge in [-0.05, 0) is 30.7 Å². The Kier molecular flexibility index (Phi) is 5.44. The minimum absolute atomic E-state index is 0.120. The van der Waals surface area contributed by atoms with E-state index in [9.17, 15) is 9.59 Å². The summed E-state index contributed by atoms with van der Waals surface area (Å²) in [5, 5.41) is 0. The highest BCUT2D eigenvalue weighted by molar-refractivity contribution is 6.57. The van der Waals surface area contributed by atoms with Gasteiger partial charge in [-0.15, -0.1) is 0 Å². The third-order valence-electron chi connectivity index (χ3n) is 2.26. The molecule has 0 aromatic heterocycles. The Labute approximate surface area is 120 Å². The molecule has 0 spiro atoms. The maximum atomic E-state index is 11.5. The zero-order chi connectivity index (χ0) is 14.5. The molecule has 0 radical (unpaired) electrons. The van der Waals surface area contributed by atoms with E-state index in [1.807, 2.05) is 0 Å². The molecule has 0 aliphatic carbocycles. The molecule has 104 valence electrons. The van der Waals surface area contributed by atoms with Crippen molar-refractivity contribution in [3.8, 4) is 5.75 Å². The van der Waals surface area contributed by atoms with E-state index in [1.54, 1.807) is 19.1 Å². The van der Waals surface area contributed by atoms with Gasteiger partial charge in [0.25, 0.3) is 0 Å². The van der Waals surface area contributed by atoms with Gasteiger partial charge in [0.1, 0.15) is 5.75 Å². The molecule has 7 heteroatoms. The van der Waals surface area contributed by atoms with Crippen LogP contribution in [0.5, 0.6) is 5.75 Å². The average Bonchev–Trinajstić information content (AvgIpc) is 2.44. The van der Waals surface area contributed by atoms with Crippen LogP contribution in [0.15, 0.2) is 24.3 Å². The zero-order valence-corrected chi connectivity index (χ0v) is 11.8. The van der Waals surface area contributed by atoms with Crippen LogP contribution < -0.4 is 4.74 Å². The second-order valence-electron chi connectivity index (χ2n) is 3.53. The number of halogens is 2. The summed E-state index contributed by atoms with van der Waals surface area (Å²) in [5.74, 6) is -1.29. The van der Waals surface area contributed by atoms with Gasteiger partial charge < -0.3 is 4.74 Å². The fraction of sp³-hybridized carbons (Fsp3) is 0.333. The quantitative estimate of drug-likeness (QED) is 0.486. The first-order chi connectivity index (χ1) is 8.90. The second kappa shape index (κ2) is 6.63. The summed E-state index contributed by atoms with van der Waals surface area (Å²) in [6.07, 6.45) is 0.120. The number of hydrogen-bond acceptors (Lipinski definition) is 5. The number of ether oxygens (including phenoxy) is 1. The lowest BCUT2D eigenvalue weighted by atomic mass is 10.2. The van der Waals surface area contributed by atoms with E-state index in [-0.39, 0.29) is 12.0 Å². The molecule has 1 rings (SSSR count). The fourth-order valence-corrected chi connectivity index (χ4v) is 1.12. The Morgan fingerprint density at radius 2 is 1.74 bits per heavy atom. The lowest BCUT2D eigenvalue weighted by Gasteiger charge is -2.13. The number of rotatable bonds is 4. The summed E-state index contributed by atoms with van der Waals surface area (Å²) >= 11 is 11.2. The molecule has 0 aliphatic rings. The molecule has 0 N–H and O–H groups in total. The van der Waals surface area contributed by atoms with Crippen LogP contribution in [-0.4, -0.2) is 23.4 Å². The Bertz CT molecular complexity index is 456. The van der Waals surface area contributed by atoms with Crippen molar-refractivity contribution in [2.24, 2.45) is 0 Å². The molecule has 0 amide bonds. The van der Waals surface area contributed by atoms with E-state index in [0.717, 1.165) is 0 Å². The summed E-state index contributed by atoms with van der Waals surface area (Å²) in [6, 6.07) is 6.06. The Morgan fingerprint density at radius 3 is 2.21 bits per heavy atom. The minimum Gasteiger partial charge on any atom is -0.497 e. The van der Waals surface area contributed by atoms with Crippen molar-refractivity contribution in [2.45, 2.75) is 17.7 Å². The van der Waals surface area contributed by atoms with E-state index >= 15 is 0 Å². The van der Waals surface area contributed by atoms with Crippen molar-refractivity contribution < 1.29 is 24.1 Å². The first-order valence-corrected chi connectivity index (χ1v) is 6.11. The molecule has 0 fully saturated rings. The maximum Gasteiger partial charge on any atom is 0.391 e. The monoisotopic (exact) mass is 306 g/mol. The van der Waals surface area contributed by atoms with Crippen LogP contribution in [0.3, 0.4) is 0 Å². The Balaban J connectivity index is 2.58. The number of methoxy groups -OCH3 is 1. The minimum atomic E-state index is -1.74. The topological polar surface area (TPSA) is 61.8 Å². The van der Waals surface area contributed by atoms with Crippen molar-refractivity contribution in [3.63, 3.8) is 0 Å². The summed E-state index contributed by atoms with van der Waals surface area (Å²) in [6.45, 7) is 1.59. The number of carbonyl (C=O) groups excluding carboxylic acids is 2. The summed E-state index contributed by atoms with van der Waals surface area (Å²) in [4.78, 5) is 31.5. The highest BCUT2D eigenvalue weighted by Crippen LogP contribution is 2.26. The molecular formula is C12H12Cl2O5. The molecule has 1 aromatic carbocycles. The normalized spacial score (nSPS) is 10.7. The molecule has 0 saturated carbocycles. The first-order valence-electron chi connectivity index (χ1n) is 5.36. The largest absolute Gasteiger partial charge is 0.497 e. The van der Waals surface area contributed by atoms with Crippen LogP contribution in [0, 0.1) is 0 Å². The predicted molar refractivity (Wildman–Crippen MR) is 69.2 cm³/mol. The van der Waals surface area contributed by atoms with Crippen molar-refractivity contribution in [2.75, 3.05) is 7.11 Å². The predicted octanol–water partition coefficient (Wildman–Crippen LogP) is 2.89. The number of carbonyl (C=O) groups is 2. The van der Waals surface area contributed by atoms with Crippen molar-refractivity contribution >= 4 is 35.1 Å². The molecule has 0 unspecified atom stereocenters. The Hall–Kier alpha value is -1.46. The Morgan fingerprint density at radius 1 is 1.16 bits per heavy atom. The highest BCUT2D eigenvalue weighted by atomic mass is 35.5. The molecule has 0 saturated heterocycles. The van der Waals surface area contributed by atoms with Gasteiger partial charge in [-0.25, -0.2) is 19.4 Å². The standard InChI is InChI=1S/C12H12Cl2O5/c1-3-12(13,14)11(16)19-18-10(15)8-4-6-9(17-2)7-5-8/h4-7H,3H2,1-2H3. The summed E-state index contributed by atoms with van der Waals surface area (Å²) in [5.41, 5.74) is 0.194. The van der Waals surface area contributed by atoms with Gasteiger partial charge in [0, 0.05) is 0 Å². The van der Waals surface area contributed by atoms with E-state index in [1.165, 1.54) is 19.2 Å². The molecular weight excluding hydrogens is 295 g/mol. The van der Waals surface area contributed by atoms with Gasteiger partial charge in [0.2, 0.25) is 4.33 Å². The summed E-state index contributed by atoms with van der Waals surface area (Å²) < 4.78 is 3.20. The van der Waals surface area contributed by atoms with Crippen molar-refractivity contribution in [1.82, 2.24) is 0 Å². The van der Waals surface area contributed by atoms with E-state index in [0.29, 0.717) is 5.75 Å². The van der Waals surface area contributed by atoms with E-state index in [2.05, 4.69) is 9.78 Å². The average molecular weight is 307 g/mol. The zero-order valence-electron chi connectivity index (χ0n) is 10.3. The van der Waals surface area contributed by atoms with Crippen LogP contribution in [0.1, 0.15) is 23.7 Å². The number of alkyl halides is 2. The molecule has 5 nitrogen and oxygen atoms in total. The SMILES string of the molecule is CCC(Cl)(Cl)C(=O)OOC(=O)c1ccc(OC)cc1. The van der Waals surface area contributed by atoms with Crippen molar-refractivity contribution in [3.05, 3.63) is 29.8 Å². The van der Waals surface area contributed by atoms with Gasteiger partial charge in [0.05, 0.1) is 12.7 Å². The van der Waals surface area contributed by atoms with Crippen LogP contribution in [-0.2, 0) is 14.6 Å². The van der Waals surface area contributed by atoms with Crippen LogP contribution in [0.25, 0.3) is 0 Å². The molecule has 1 aromatic rings. The summed E-state index contributed by atoms with van der Waals surface area (Å²) in [7, 11) is 1.50. The fourth-order valence-electron chi connectivity index (χ4n) is 1.06. The van der Waals surface area contributed by atoms with Crippen molar-refractivity contribution in [1.29, 1.82) is 0 Å². The van der Waals surface area contributed by atoms with Gasteiger partial charge >= 0.3 is 11.9 Å². The number of benzene rings is 1. The molecule has 0 atom stereocenters. The maximum absolute atomic E-state index is 11.5. The second-order valence-corrected chi connectivity index (χ2v) is 5.01. The third-order valence-corrected chi connectivity index (χ3v) is 3.10. The molecule has 0 aliphatic heterocycles. The van der Waals surface area contributed by atoms with E-state index < -0.39 is 16.3 Å². The highest BCUT2D eigenvalue weighted by Gasteiger charge is 2.35. The van der Waals surface area contributed by atoms with Gasteiger partial charge in [0.15, 0.2) is 0 Å². The van der Waals surface area contributed by atoms with Gasteiger partial charge in [-0.1, -0.05) is 30.1 Å². The van der Waals surface area contributed by atoms with Crippen LogP contribution in [0.2, 0.25) is 0 Å². The first kappa shape index (κ1) is 15.6. The third kappa shape index (κ3) is 4.29. The molecule has 0 heterocycles.